The number of hydrogen-bond acceptors (Lipinski definition) is 5. The van der Waals surface area contributed by atoms with Gasteiger partial charge in [-0.25, -0.2) is 4.98 Å². The second-order valence-electron chi connectivity index (χ2n) is 5.36. The molecule has 1 N–H and O–H groups in total. The number of carbonyl (C=O) groups excluding carboxylic acids is 1. The minimum absolute atomic E-state index is 0.0238. The van der Waals surface area contributed by atoms with Crippen LogP contribution in [0, 0.1) is 17.2 Å². The van der Waals surface area contributed by atoms with Gasteiger partial charge in [-0.05, 0) is 24.5 Å². The summed E-state index contributed by atoms with van der Waals surface area (Å²) in [7, 11) is 0. The van der Waals surface area contributed by atoms with Crippen molar-refractivity contribution < 1.29 is 4.79 Å². The fourth-order valence-electron chi connectivity index (χ4n) is 2.14. The molecule has 2 rings (SSSR count). The van der Waals surface area contributed by atoms with Crippen molar-refractivity contribution in [1.82, 2.24) is 15.3 Å². The van der Waals surface area contributed by atoms with Crippen LogP contribution in [-0.4, -0.2) is 22.4 Å². The van der Waals surface area contributed by atoms with Crippen molar-refractivity contribution in [3.63, 3.8) is 0 Å². The fraction of sp³-hybridized carbons (Fsp3) is 0.375. The molecule has 1 unspecified atom stereocenters. The molecule has 1 amide bonds. The van der Waals surface area contributed by atoms with E-state index in [1.807, 2.05) is 23.6 Å². The number of hydrogen-bond donors (Lipinski definition) is 1. The van der Waals surface area contributed by atoms with Gasteiger partial charge in [-0.2, -0.15) is 5.26 Å². The monoisotopic (exact) mass is 314 g/mol. The van der Waals surface area contributed by atoms with Crippen molar-refractivity contribution in [3.05, 3.63) is 34.9 Å². The van der Waals surface area contributed by atoms with E-state index in [1.54, 1.807) is 12.4 Å². The summed E-state index contributed by atoms with van der Waals surface area (Å²) in [5.74, 6) is -0.0778. The number of thiazole rings is 1. The Balaban J connectivity index is 2.23. The molecule has 114 valence electrons. The minimum Gasteiger partial charge on any atom is -0.342 e. The van der Waals surface area contributed by atoms with Gasteiger partial charge in [0.1, 0.15) is 11.6 Å². The van der Waals surface area contributed by atoms with Gasteiger partial charge in [0.25, 0.3) is 0 Å². The highest BCUT2D eigenvalue weighted by Crippen LogP contribution is 2.30. The minimum atomic E-state index is -0.311. The van der Waals surface area contributed by atoms with Gasteiger partial charge in [0.05, 0.1) is 17.7 Å². The first-order valence-corrected chi connectivity index (χ1v) is 8.00. The third kappa shape index (κ3) is 4.12. The van der Waals surface area contributed by atoms with Crippen LogP contribution in [0.2, 0.25) is 0 Å². The van der Waals surface area contributed by atoms with E-state index in [1.165, 1.54) is 11.3 Å². The lowest BCUT2D eigenvalue weighted by Crippen LogP contribution is -2.30. The van der Waals surface area contributed by atoms with Crippen LogP contribution < -0.4 is 5.32 Å². The molecule has 2 aromatic heterocycles. The quantitative estimate of drug-likeness (QED) is 0.831. The van der Waals surface area contributed by atoms with Crippen molar-refractivity contribution in [1.29, 1.82) is 5.26 Å². The summed E-state index contributed by atoms with van der Waals surface area (Å²) in [5, 5.41) is 14.0. The molecule has 5 nitrogen and oxygen atoms in total. The highest BCUT2D eigenvalue weighted by Gasteiger charge is 2.24. The van der Waals surface area contributed by atoms with Crippen molar-refractivity contribution in [2.45, 2.75) is 26.2 Å². The maximum absolute atomic E-state index is 12.3. The van der Waals surface area contributed by atoms with E-state index in [0.29, 0.717) is 12.3 Å². The van der Waals surface area contributed by atoms with E-state index in [4.69, 9.17) is 5.26 Å². The standard InChI is InChI=1S/C16H18N4OS/c1-11(2)9-13(15(21)19-8-5-17)16-20-14(10-22-16)12-3-6-18-7-4-12/h3-4,6-7,10-11,13H,8-9H2,1-2H3,(H,19,21). The fourth-order valence-corrected chi connectivity index (χ4v) is 3.08. The Bertz CT molecular complexity index is 660. The van der Waals surface area contributed by atoms with Gasteiger partial charge < -0.3 is 5.32 Å². The van der Waals surface area contributed by atoms with E-state index in [0.717, 1.165) is 16.3 Å². The van der Waals surface area contributed by atoms with Crippen molar-refractivity contribution >= 4 is 17.2 Å². The van der Waals surface area contributed by atoms with Crippen LogP contribution in [0.1, 0.15) is 31.2 Å². The smallest absolute Gasteiger partial charge is 0.230 e. The Kier molecular flexibility index (Phi) is 5.61. The molecular weight excluding hydrogens is 296 g/mol. The van der Waals surface area contributed by atoms with E-state index in [2.05, 4.69) is 29.1 Å². The molecule has 2 heterocycles. The van der Waals surface area contributed by atoms with E-state index < -0.39 is 0 Å². The molecule has 0 aliphatic carbocycles. The molecule has 0 saturated heterocycles. The molecule has 1 atom stereocenters. The summed E-state index contributed by atoms with van der Waals surface area (Å²) in [5.41, 5.74) is 1.84. The second-order valence-corrected chi connectivity index (χ2v) is 6.25. The zero-order chi connectivity index (χ0) is 15.9. The first-order chi connectivity index (χ1) is 10.6. The number of nitriles is 1. The Morgan fingerprint density at radius 2 is 2.14 bits per heavy atom. The Labute approximate surface area is 134 Å². The first kappa shape index (κ1) is 16.1. The van der Waals surface area contributed by atoms with Gasteiger partial charge in [0.2, 0.25) is 5.91 Å². The van der Waals surface area contributed by atoms with Crippen LogP contribution in [0.25, 0.3) is 11.3 Å². The zero-order valence-electron chi connectivity index (χ0n) is 12.6. The second kappa shape index (κ2) is 7.66. The molecule has 0 aromatic carbocycles. The maximum atomic E-state index is 12.3. The largest absolute Gasteiger partial charge is 0.342 e. The number of rotatable bonds is 6. The lowest BCUT2D eigenvalue weighted by Gasteiger charge is -2.15. The predicted molar refractivity (Wildman–Crippen MR) is 86.2 cm³/mol. The summed E-state index contributed by atoms with van der Waals surface area (Å²) in [6.45, 7) is 4.17. The summed E-state index contributed by atoms with van der Waals surface area (Å²) in [4.78, 5) is 20.9. The highest BCUT2D eigenvalue weighted by atomic mass is 32.1. The van der Waals surface area contributed by atoms with Crippen LogP contribution in [0.15, 0.2) is 29.9 Å². The van der Waals surface area contributed by atoms with E-state index >= 15 is 0 Å². The van der Waals surface area contributed by atoms with Gasteiger partial charge in [-0.3, -0.25) is 9.78 Å². The Morgan fingerprint density at radius 1 is 1.41 bits per heavy atom. The Hall–Kier alpha value is -2.26. The molecule has 22 heavy (non-hydrogen) atoms. The summed E-state index contributed by atoms with van der Waals surface area (Å²) in [6, 6.07) is 5.72. The third-order valence-corrected chi connectivity index (χ3v) is 4.12. The molecule has 0 aliphatic rings. The molecule has 0 spiro atoms. The average molecular weight is 314 g/mol. The topological polar surface area (TPSA) is 78.7 Å². The molecule has 6 heteroatoms. The summed E-state index contributed by atoms with van der Waals surface area (Å²) in [6.07, 6.45) is 4.15. The molecule has 0 bridgehead atoms. The summed E-state index contributed by atoms with van der Waals surface area (Å²) < 4.78 is 0. The molecule has 2 aromatic rings. The number of carbonyl (C=O) groups is 1. The van der Waals surface area contributed by atoms with Crippen LogP contribution in [0.4, 0.5) is 0 Å². The van der Waals surface area contributed by atoms with Crippen molar-refractivity contribution in [2.75, 3.05) is 6.54 Å². The molecule has 0 aliphatic heterocycles. The predicted octanol–water partition coefficient (Wildman–Crippen LogP) is 2.97. The number of nitrogens with zero attached hydrogens (tertiary/aromatic N) is 3. The van der Waals surface area contributed by atoms with E-state index in [9.17, 15) is 4.79 Å². The summed E-state index contributed by atoms with van der Waals surface area (Å²) >= 11 is 1.48. The van der Waals surface area contributed by atoms with Crippen LogP contribution in [0.5, 0.6) is 0 Å². The number of amides is 1. The van der Waals surface area contributed by atoms with Crippen LogP contribution >= 0.6 is 11.3 Å². The molecule has 0 radical (unpaired) electrons. The van der Waals surface area contributed by atoms with Gasteiger partial charge in [-0.15, -0.1) is 11.3 Å². The highest BCUT2D eigenvalue weighted by molar-refractivity contribution is 7.10. The number of pyridine rings is 1. The Morgan fingerprint density at radius 3 is 2.77 bits per heavy atom. The maximum Gasteiger partial charge on any atom is 0.230 e. The number of aromatic nitrogens is 2. The van der Waals surface area contributed by atoms with Crippen molar-refractivity contribution in [3.8, 4) is 17.3 Å². The average Bonchev–Trinajstić information content (AvgIpc) is 3.00. The lowest BCUT2D eigenvalue weighted by atomic mass is 9.97. The molecule has 0 fully saturated rings. The van der Waals surface area contributed by atoms with E-state index in [-0.39, 0.29) is 18.4 Å². The van der Waals surface area contributed by atoms with Crippen LogP contribution in [-0.2, 0) is 4.79 Å². The van der Waals surface area contributed by atoms with Gasteiger partial charge in [0, 0.05) is 23.3 Å². The normalized spacial score (nSPS) is 11.9. The zero-order valence-corrected chi connectivity index (χ0v) is 13.4. The number of nitrogens with one attached hydrogen (secondary N) is 1. The van der Waals surface area contributed by atoms with Crippen molar-refractivity contribution in [2.24, 2.45) is 5.92 Å². The van der Waals surface area contributed by atoms with Gasteiger partial charge >= 0.3 is 0 Å². The SMILES string of the molecule is CC(C)CC(C(=O)NCC#N)c1nc(-c2ccncc2)cs1. The lowest BCUT2D eigenvalue weighted by molar-refractivity contribution is -0.122. The first-order valence-electron chi connectivity index (χ1n) is 7.12. The third-order valence-electron chi connectivity index (χ3n) is 3.16. The van der Waals surface area contributed by atoms with Crippen LogP contribution in [0.3, 0.4) is 0 Å². The van der Waals surface area contributed by atoms with Gasteiger partial charge in [-0.1, -0.05) is 13.8 Å². The molecular formula is C16H18N4OS. The molecule has 0 saturated carbocycles. The van der Waals surface area contributed by atoms with Gasteiger partial charge in [0.15, 0.2) is 0 Å².